The normalized spacial score (nSPS) is 10.1. The Balaban J connectivity index is 3.29. The first kappa shape index (κ1) is 9.22. The minimum atomic E-state index is -0.893. The summed E-state index contributed by atoms with van der Waals surface area (Å²) < 4.78 is 1.53. The topological polar surface area (TPSA) is 37.3 Å². The highest BCUT2D eigenvalue weighted by molar-refractivity contribution is 9.11. The van der Waals surface area contributed by atoms with E-state index in [2.05, 4.69) is 31.9 Å². The maximum atomic E-state index is 10.5. The number of aromatic carboxylic acids is 1. The molecule has 1 heterocycles. The second-order valence-electron chi connectivity index (χ2n) is 1.95. The first-order valence-electron chi connectivity index (χ1n) is 2.71. The molecule has 0 fully saturated rings. The Hall–Kier alpha value is 0.130. The van der Waals surface area contributed by atoms with Crippen LogP contribution in [-0.4, -0.2) is 11.1 Å². The molecule has 11 heavy (non-hydrogen) atoms. The number of rotatable bonds is 1. The molecule has 0 aliphatic heterocycles. The summed E-state index contributed by atoms with van der Waals surface area (Å²) in [5, 5.41) is 8.66. The Morgan fingerprint density at radius 2 is 2.09 bits per heavy atom. The molecule has 60 valence electrons. The van der Waals surface area contributed by atoms with Crippen LogP contribution in [0.5, 0.6) is 0 Å². The monoisotopic (exact) mass is 298 g/mol. The van der Waals surface area contributed by atoms with Crippen molar-refractivity contribution in [1.82, 2.24) is 0 Å². The number of halogens is 2. The molecule has 1 aromatic heterocycles. The van der Waals surface area contributed by atoms with E-state index in [1.54, 1.807) is 0 Å². The van der Waals surface area contributed by atoms with Gasteiger partial charge in [0.2, 0.25) is 0 Å². The Bertz CT molecular complexity index is 306. The highest BCUT2D eigenvalue weighted by atomic mass is 79.9. The van der Waals surface area contributed by atoms with Crippen LogP contribution in [-0.2, 0) is 0 Å². The average Bonchev–Trinajstić information content (AvgIpc) is 2.17. The molecule has 0 saturated heterocycles. The lowest BCUT2D eigenvalue weighted by molar-refractivity contribution is 0.0701. The fourth-order valence-electron chi connectivity index (χ4n) is 0.605. The van der Waals surface area contributed by atoms with Crippen molar-refractivity contribution in [2.75, 3.05) is 0 Å². The Labute approximate surface area is 84.5 Å². The fraction of sp³-hybridized carbons (Fsp3) is 0.167. The van der Waals surface area contributed by atoms with Gasteiger partial charge in [-0.05, 0) is 44.3 Å². The van der Waals surface area contributed by atoms with Gasteiger partial charge < -0.3 is 5.11 Å². The van der Waals surface area contributed by atoms with E-state index in [1.807, 2.05) is 6.92 Å². The van der Waals surface area contributed by atoms with E-state index in [1.165, 1.54) is 11.3 Å². The number of carboxylic acid groups (broad SMARTS) is 1. The van der Waals surface area contributed by atoms with Gasteiger partial charge >= 0.3 is 5.97 Å². The van der Waals surface area contributed by atoms with E-state index in [-0.39, 0.29) is 0 Å². The Morgan fingerprint density at radius 1 is 1.55 bits per heavy atom. The van der Waals surface area contributed by atoms with Gasteiger partial charge in [-0.2, -0.15) is 0 Å². The van der Waals surface area contributed by atoms with E-state index < -0.39 is 5.97 Å². The Kier molecular flexibility index (Phi) is 2.72. The summed E-state index contributed by atoms with van der Waals surface area (Å²) in [5.41, 5.74) is 0.937. The fourth-order valence-corrected chi connectivity index (χ4v) is 3.06. The van der Waals surface area contributed by atoms with Crippen molar-refractivity contribution in [3.8, 4) is 0 Å². The molecule has 0 bridgehead atoms. The molecule has 1 N–H and O–H groups in total. The molecule has 5 heteroatoms. The molecule has 0 unspecified atom stereocenters. The molecule has 0 spiro atoms. The van der Waals surface area contributed by atoms with Crippen LogP contribution in [0.4, 0.5) is 0 Å². The minimum absolute atomic E-state index is 0.342. The molecule has 0 aromatic carbocycles. The van der Waals surface area contributed by atoms with Crippen molar-refractivity contribution in [1.29, 1.82) is 0 Å². The SMILES string of the molecule is Cc1c(Br)sc(C(=O)O)c1Br. The Morgan fingerprint density at radius 3 is 2.27 bits per heavy atom. The number of thiophene rings is 1. The van der Waals surface area contributed by atoms with E-state index in [9.17, 15) is 4.79 Å². The maximum Gasteiger partial charge on any atom is 0.347 e. The summed E-state index contributed by atoms with van der Waals surface area (Å²) >= 11 is 7.68. The van der Waals surface area contributed by atoms with Gasteiger partial charge in [0, 0.05) is 4.47 Å². The van der Waals surface area contributed by atoms with Crippen LogP contribution in [0.1, 0.15) is 15.2 Å². The minimum Gasteiger partial charge on any atom is -0.477 e. The van der Waals surface area contributed by atoms with Gasteiger partial charge in [0.05, 0.1) is 3.79 Å². The number of hydrogen-bond donors (Lipinski definition) is 1. The van der Waals surface area contributed by atoms with Crippen LogP contribution in [0.15, 0.2) is 8.26 Å². The zero-order valence-electron chi connectivity index (χ0n) is 5.52. The van der Waals surface area contributed by atoms with Gasteiger partial charge in [0.25, 0.3) is 0 Å². The number of hydrogen-bond acceptors (Lipinski definition) is 2. The van der Waals surface area contributed by atoms with E-state index in [0.717, 1.165) is 9.35 Å². The zero-order valence-corrected chi connectivity index (χ0v) is 9.51. The molecule has 1 rings (SSSR count). The summed E-state index contributed by atoms with van der Waals surface area (Å²) in [6.45, 7) is 1.86. The second kappa shape index (κ2) is 3.25. The third-order valence-corrected chi connectivity index (χ3v) is 4.61. The van der Waals surface area contributed by atoms with Crippen LogP contribution in [0.2, 0.25) is 0 Å². The molecular formula is C6H4Br2O2S. The summed E-state index contributed by atoms with van der Waals surface area (Å²) in [6.07, 6.45) is 0. The second-order valence-corrected chi connectivity index (χ2v) is 5.08. The van der Waals surface area contributed by atoms with Gasteiger partial charge in [0.1, 0.15) is 4.88 Å². The summed E-state index contributed by atoms with van der Waals surface area (Å²) in [7, 11) is 0. The summed E-state index contributed by atoms with van der Waals surface area (Å²) in [4.78, 5) is 10.9. The molecule has 0 aliphatic carbocycles. The van der Waals surface area contributed by atoms with Crippen molar-refractivity contribution in [3.05, 3.63) is 18.7 Å². The quantitative estimate of drug-likeness (QED) is 0.864. The number of carboxylic acids is 1. The van der Waals surface area contributed by atoms with Crippen molar-refractivity contribution < 1.29 is 9.90 Å². The smallest absolute Gasteiger partial charge is 0.347 e. The number of carbonyl (C=O) groups is 1. The van der Waals surface area contributed by atoms with Crippen molar-refractivity contribution in [2.24, 2.45) is 0 Å². The van der Waals surface area contributed by atoms with Crippen LogP contribution in [0, 0.1) is 6.92 Å². The lowest BCUT2D eigenvalue weighted by atomic mass is 10.3. The van der Waals surface area contributed by atoms with E-state index in [0.29, 0.717) is 9.35 Å². The molecule has 1 aromatic rings. The highest BCUT2D eigenvalue weighted by Crippen LogP contribution is 2.36. The van der Waals surface area contributed by atoms with Crippen LogP contribution >= 0.6 is 43.2 Å². The first-order chi connectivity index (χ1) is 5.04. The van der Waals surface area contributed by atoms with Crippen LogP contribution in [0.25, 0.3) is 0 Å². The van der Waals surface area contributed by atoms with Gasteiger partial charge in [0.15, 0.2) is 0 Å². The third kappa shape index (κ3) is 1.65. The highest BCUT2D eigenvalue weighted by Gasteiger charge is 2.15. The van der Waals surface area contributed by atoms with Crippen molar-refractivity contribution in [2.45, 2.75) is 6.92 Å². The molecule has 0 atom stereocenters. The molecule has 0 radical (unpaired) electrons. The van der Waals surface area contributed by atoms with Crippen LogP contribution in [0.3, 0.4) is 0 Å². The molecule has 0 saturated carbocycles. The van der Waals surface area contributed by atoms with Gasteiger partial charge in [-0.1, -0.05) is 0 Å². The van der Waals surface area contributed by atoms with Gasteiger partial charge in [-0.25, -0.2) is 4.79 Å². The molecular weight excluding hydrogens is 296 g/mol. The van der Waals surface area contributed by atoms with E-state index in [4.69, 9.17) is 5.11 Å². The summed E-state index contributed by atoms with van der Waals surface area (Å²) in [5.74, 6) is -0.893. The lowest BCUT2D eigenvalue weighted by Gasteiger charge is -1.88. The van der Waals surface area contributed by atoms with Crippen LogP contribution < -0.4 is 0 Å². The molecule has 0 amide bonds. The van der Waals surface area contributed by atoms with Crippen molar-refractivity contribution in [3.63, 3.8) is 0 Å². The average molecular weight is 300 g/mol. The third-order valence-electron chi connectivity index (χ3n) is 1.21. The molecule has 2 nitrogen and oxygen atoms in total. The standard InChI is InChI=1S/C6H4Br2O2S/c1-2-3(7)4(6(9)10)11-5(2)8/h1H3,(H,9,10). The van der Waals surface area contributed by atoms with Gasteiger partial charge in [-0.3, -0.25) is 0 Å². The lowest BCUT2D eigenvalue weighted by Crippen LogP contribution is -1.92. The predicted molar refractivity (Wildman–Crippen MR) is 51.4 cm³/mol. The van der Waals surface area contributed by atoms with Crippen molar-refractivity contribution >= 4 is 49.2 Å². The summed E-state index contributed by atoms with van der Waals surface area (Å²) in [6, 6.07) is 0. The predicted octanol–water partition coefficient (Wildman–Crippen LogP) is 3.28. The largest absolute Gasteiger partial charge is 0.477 e. The first-order valence-corrected chi connectivity index (χ1v) is 5.12. The maximum absolute atomic E-state index is 10.5. The molecule has 0 aliphatic rings. The zero-order chi connectivity index (χ0) is 8.59. The van der Waals surface area contributed by atoms with E-state index >= 15 is 0 Å². The van der Waals surface area contributed by atoms with Gasteiger partial charge in [-0.15, -0.1) is 11.3 Å².